The van der Waals surface area contributed by atoms with Gasteiger partial charge in [-0.2, -0.15) is 5.10 Å². The van der Waals surface area contributed by atoms with Crippen LogP contribution in [0.15, 0.2) is 0 Å². The Morgan fingerprint density at radius 2 is 2.00 bits per heavy atom. The summed E-state index contributed by atoms with van der Waals surface area (Å²) >= 11 is 0. The summed E-state index contributed by atoms with van der Waals surface area (Å²) in [4.78, 5) is 6.78. The van der Waals surface area contributed by atoms with Crippen molar-refractivity contribution >= 4 is 0 Å². The van der Waals surface area contributed by atoms with Crippen LogP contribution in [0.4, 0.5) is 0 Å². The van der Waals surface area contributed by atoms with E-state index >= 15 is 0 Å². The van der Waals surface area contributed by atoms with E-state index in [-0.39, 0.29) is 0 Å². The molecule has 0 aromatic carbocycles. The van der Waals surface area contributed by atoms with Crippen LogP contribution in [0.1, 0.15) is 49.7 Å². The molecule has 0 radical (unpaired) electrons. The van der Waals surface area contributed by atoms with Gasteiger partial charge in [-0.3, -0.25) is 5.10 Å². The number of likely N-dealkylation sites (N-methyl/N-ethyl adjacent to an activating group) is 1. The van der Waals surface area contributed by atoms with Gasteiger partial charge in [-0.05, 0) is 26.9 Å². The van der Waals surface area contributed by atoms with E-state index in [0.717, 1.165) is 24.6 Å². The Balaban J connectivity index is 1.90. The quantitative estimate of drug-likeness (QED) is 0.847. The molecule has 0 unspecified atom stereocenters. The Morgan fingerprint density at radius 1 is 1.25 bits per heavy atom. The standard InChI is InChI=1S/C12H22N4/c1-16(2)9-8-11-13-12(15-14-11)10-6-4-3-5-7-10/h10H,3-9H2,1-2H3,(H,13,14,15). The highest BCUT2D eigenvalue weighted by Gasteiger charge is 2.19. The molecule has 1 aromatic heterocycles. The van der Waals surface area contributed by atoms with Crippen LogP contribution in [-0.2, 0) is 6.42 Å². The van der Waals surface area contributed by atoms with Crippen molar-refractivity contribution in [3.05, 3.63) is 11.6 Å². The Hall–Kier alpha value is -0.900. The molecule has 0 saturated heterocycles. The van der Waals surface area contributed by atoms with Gasteiger partial charge in [0.15, 0.2) is 5.82 Å². The smallest absolute Gasteiger partial charge is 0.153 e. The van der Waals surface area contributed by atoms with Crippen LogP contribution in [0.5, 0.6) is 0 Å². The fraction of sp³-hybridized carbons (Fsp3) is 0.833. The van der Waals surface area contributed by atoms with Gasteiger partial charge in [-0.25, -0.2) is 4.98 Å². The van der Waals surface area contributed by atoms with E-state index in [1.807, 2.05) is 0 Å². The second-order valence-electron chi connectivity index (χ2n) is 5.03. The molecule has 1 aromatic rings. The number of H-pyrrole nitrogens is 1. The molecule has 1 saturated carbocycles. The molecule has 0 atom stereocenters. The van der Waals surface area contributed by atoms with Crippen molar-refractivity contribution in [3.63, 3.8) is 0 Å². The zero-order valence-corrected chi connectivity index (χ0v) is 10.4. The first-order chi connectivity index (χ1) is 7.75. The number of hydrogen-bond donors (Lipinski definition) is 1. The number of hydrogen-bond acceptors (Lipinski definition) is 3. The van der Waals surface area contributed by atoms with E-state index in [2.05, 4.69) is 34.2 Å². The second-order valence-corrected chi connectivity index (χ2v) is 5.03. The third kappa shape index (κ3) is 3.04. The molecule has 4 heteroatoms. The van der Waals surface area contributed by atoms with Gasteiger partial charge in [0.2, 0.25) is 0 Å². The van der Waals surface area contributed by atoms with Gasteiger partial charge in [0.05, 0.1) is 0 Å². The van der Waals surface area contributed by atoms with Crippen LogP contribution < -0.4 is 0 Å². The summed E-state index contributed by atoms with van der Waals surface area (Å²) in [6.45, 7) is 1.03. The zero-order chi connectivity index (χ0) is 11.4. The maximum absolute atomic E-state index is 4.61. The number of nitrogens with one attached hydrogen (secondary N) is 1. The van der Waals surface area contributed by atoms with Crippen molar-refractivity contribution in [2.24, 2.45) is 0 Å². The van der Waals surface area contributed by atoms with Gasteiger partial charge in [0.1, 0.15) is 5.82 Å². The Kier molecular flexibility index (Phi) is 3.93. The molecule has 1 aliphatic rings. The van der Waals surface area contributed by atoms with E-state index in [1.54, 1.807) is 0 Å². The van der Waals surface area contributed by atoms with Crippen molar-refractivity contribution in [2.45, 2.75) is 44.4 Å². The van der Waals surface area contributed by atoms with E-state index in [9.17, 15) is 0 Å². The third-order valence-corrected chi connectivity index (χ3v) is 3.32. The summed E-state index contributed by atoms with van der Waals surface area (Å²) in [5.74, 6) is 2.70. The van der Waals surface area contributed by atoms with E-state index in [4.69, 9.17) is 0 Å². The Bertz CT molecular complexity index is 313. The van der Waals surface area contributed by atoms with Gasteiger partial charge in [0.25, 0.3) is 0 Å². The zero-order valence-electron chi connectivity index (χ0n) is 10.4. The lowest BCUT2D eigenvalue weighted by atomic mass is 9.89. The molecule has 1 aliphatic carbocycles. The molecule has 16 heavy (non-hydrogen) atoms. The molecule has 1 N–H and O–H groups in total. The SMILES string of the molecule is CN(C)CCc1nc(C2CCCCC2)n[nH]1. The number of nitrogens with zero attached hydrogens (tertiary/aromatic N) is 3. The van der Waals surface area contributed by atoms with Gasteiger partial charge < -0.3 is 4.90 Å². The molecule has 0 spiro atoms. The van der Waals surface area contributed by atoms with Crippen LogP contribution in [0.2, 0.25) is 0 Å². The molecule has 0 bridgehead atoms. The fourth-order valence-electron chi connectivity index (χ4n) is 2.29. The van der Waals surface area contributed by atoms with Gasteiger partial charge >= 0.3 is 0 Å². The molecular weight excluding hydrogens is 200 g/mol. The topological polar surface area (TPSA) is 44.8 Å². The monoisotopic (exact) mass is 222 g/mol. The van der Waals surface area contributed by atoms with Crippen LogP contribution in [0.25, 0.3) is 0 Å². The van der Waals surface area contributed by atoms with Crippen molar-refractivity contribution in [2.75, 3.05) is 20.6 Å². The highest BCUT2D eigenvalue weighted by Crippen LogP contribution is 2.30. The maximum Gasteiger partial charge on any atom is 0.153 e. The minimum atomic E-state index is 0.609. The average molecular weight is 222 g/mol. The lowest BCUT2D eigenvalue weighted by Crippen LogP contribution is -2.15. The van der Waals surface area contributed by atoms with Crippen molar-refractivity contribution < 1.29 is 0 Å². The molecule has 1 heterocycles. The molecule has 90 valence electrons. The van der Waals surface area contributed by atoms with E-state index < -0.39 is 0 Å². The first kappa shape index (κ1) is 11.6. The largest absolute Gasteiger partial charge is 0.309 e. The molecule has 4 nitrogen and oxygen atoms in total. The number of aromatic amines is 1. The summed E-state index contributed by atoms with van der Waals surface area (Å²) in [6.07, 6.45) is 7.57. The minimum Gasteiger partial charge on any atom is -0.309 e. The minimum absolute atomic E-state index is 0.609. The highest BCUT2D eigenvalue weighted by atomic mass is 15.2. The van der Waals surface area contributed by atoms with E-state index in [0.29, 0.717) is 5.92 Å². The van der Waals surface area contributed by atoms with Crippen LogP contribution in [-0.4, -0.2) is 40.7 Å². The van der Waals surface area contributed by atoms with Crippen molar-refractivity contribution in [1.82, 2.24) is 20.1 Å². The highest BCUT2D eigenvalue weighted by molar-refractivity contribution is 4.99. The number of rotatable bonds is 4. The van der Waals surface area contributed by atoms with Gasteiger partial charge in [-0.1, -0.05) is 19.3 Å². The van der Waals surface area contributed by atoms with Crippen LogP contribution >= 0.6 is 0 Å². The molecule has 0 aliphatic heterocycles. The van der Waals surface area contributed by atoms with Gasteiger partial charge in [-0.15, -0.1) is 0 Å². The number of aromatic nitrogens is 3. The van der Waals surface area contributed by atoms with E-state index in [1.165, 1.54) is 32.1 Å². The summed E-state index contributed by atoms with van der Waals surface area (Å²) in [5, 5.41) is 7.43. The Morgan fingerprint density at radius 3 is 2.69 bits per heavy atom. The first-order valence-corrected chi connectivity index (χ1v) is 6.31. The molecule has 2 rings (SSSR count). The lowest BCUT2D eigenvalue weighted by molar-refractivity contribution is 0.409. The Labute approximate surface area is 97.5 Å². The van der Waals surface area contributed by atoms with Crippen LogP contribution in [0.3, 0.4) is 0 Å². The van der Waals surface area contributed by atoms with Gasteiger partial charge in [0, 0.05) is 18.9 Å². The van der Waals surface area contributed by atoms with Crippen molar-refractivity contribution in [3.8, 4) is 0 Å². The summed E-state index contributed by atoms with van der Waals surface area (Å²) in [6, 6.07) is 0. The average Bonchev–Trinajstić information content (AvgIpc) is 2.76. The summed E-state index contributed by atoms with van der Waals surface area (Å²) < 4.78 is 0. The third-order valence-electron chi connectivity index (χ3n) is 3.32. The summed E-state index contributed by atoms with van der Waals surface area (Å²) in [7, 11) is 4.16. The molecule has 0 amide bonds. The van der Waals surface area contributed by atoms with Crippen molar-refractivity contribution in [1.29, 1.82) is 0 Å². The predicted octanol–water partition coefficient (Wildman–Crippen LogP) is 1.96. The predicted molar refractivity (Wildman–Crippen MR) is 64.5 cm³/mol. The van der Waals surface area contributed by atoms with Crippen LogP contribution in [0, 0.1) is 0 Å². The normalized spacial score (nSPS) is 18.2. The first-order valence-electron chi connectivity index (χ1n) is 6.31. The fourth-order valence-corrected chi connectivity index (χ4v) is 2.29. The maximum atomic E-state index is 4.61. The molecule has 1 fully saturated rings. The molecular formula is C12H22N4. The lowest BCUT2D eigenvalue weighted by Gasteiger charge is -2.18. The summed E-state index contributed by atoms with van der Waals surface area (Å²) in [5.41, 5.74) is 0. The second kappa shape index (κ2) is 5.43.